The average Bonchev–Trinajstić information content (AvgIpc) is 3.20. The van der Waals surface area contributed by atoms with Crippen LogP contribution in [0.4, 0.5) is 15.9 Å². The summed E-state index contributed by atoms with van der Waals surface area (Å²) in [5.74, 6) is -0.478. The Balaban J connectivity index is 1.68. The molecule has 1 aliphatic heterocycles. The van der Waals surface area contributed by atoms with Gasteiger partial charge in [-0.25, -0.2) is 14.4 Å². The van der Waals surface area contributed by atoms with Crippen LogP contribution in [0, 0.1) is 5.82 Å². The van der Waals surface area contributed by atoms with Gasteiger partial charge in [0, 0.05) is 25.8 Å². The Labute approximate surface area is 184 Å². The lowest BCUT2D eigenvalue weighted by Gasteiger charge is -2.17. The van der Waals surface area contributed by atoms with Crippen molar-refractivity contribution in [3.63, 3.8) is 0 Å². The highest BCUT2D eigenvalue weighted by Gasteiger charge is 2.36. The normalized spacial score (nSPS) is 19.3. The van der Waals surface area contributed by atoms with Gasteiger partial charge in [-0.05, 0) is 25.2 Å². The number of nitrogens with one attached hydrogen (secondary N) is 1. The molecule has 10 heteroatoms. The number of ether oxygens (including phenoxy) is 2. The number of benzene rings is 2. The first-order chi connectivity index (χ1) is 15.4. The Morgan fingerprint density at radius 3 is 2.94 bits per heavy atom. The molecule has 162 valence electrons. The SMILES string of the molecule is [2H]CN1C[C@@H](Oc2cc3c(Nc4cccc(Cl)c4F)ncnc3cc2OC)C[C@H]1C(=O)O. The maximum absolute atomic E-state index is 14.4. The van der Waals surface area contributed by atoms with E-state index in [1.807, 2.05) is 0 Å². The van der Waals surface area contributed by atoms with Crippen molar-refractivity contribution in [3.05, 3.63) is 47.5 Å². The van der Waals surface area contributed by atoms with Crippen molar-refractivity contribution in [2.24, 2.45) is 0 Å². The molecule has 1 saturated heterocycles. The lowest BCUT2D eigenvalue weighted by atomic mass is 10.1. The van der Waals surface area contributed by atoms with Gasteiger partial charge in [0.05, 0.1) is 23.3 Å². The summed E-state index contributed by atoms with van der Waals surface area (Å²) in [6, 6.07) is 7.15. The summed E-state index contributed by atoms with van der Waals surface area (Å²) in [5.41, 5.74) is 0.693. The fourth-order valence-electron chi connectivity index (χ4n) is 3.53. The van der Waals surface area contributed by atoms with Crippen LogP contribution in [0.2, 0.25) is 5.02 Å². The van der Waals surface area contributed by atoms with Crippen molar-refractivity contribution in [3.8, 4) is 11.5 Å². The Kier molecular flexibility index (Phi) is 5.44. The molecule has 1 fully saturated rings. The molecule has 0 bridgehead atoms. The second-order valence-electron chi connectivity index (χ2n) is 7.07. The minimum atomic E-state index is -0.989. The largest absolute Gasteiger partial charge is 0.493 e. The molecule has 2 atom stereocenters. The number of rotatable bonds is 6. The standard InChI is InChI=1S/C21H20ClFN4O4/c1-27-9-11(6-16(27)21(28)29)31-18-7-12-15(8-17(18)30-2)24-10-25-20(12)26-14-5-3-4-13(22)19(14)23/h3-5,7-8,10-11,16H,6,9H2,1-2H3,(H,28,29)(H,24,25,26)/t11-,16-/m0/s1/i1D. The third-order valence-electron chi connectivity index (χ3n) is 5.07. The molecule has 0 radical (unpaired) electrons. The van der Waals surface area contributed by atoms with Crippen molar-refractivity contribution in [2.45, 2.75) is 18.6 Å². The van der Waals surface area contributed by atoms with E-state index in [1.165, 1.54) is 30.5 Å². The number of carboxylic acids is 1. The first-order valence-corrected chi connectivity index (χ1v) is 9.75. The van der Waals surface area contributed by atoms with Crippen LogP contribution in [-0.4, -0.2) is 58.8 Å². The molecule has 4 rings (SSSR count). The molecule has 2 N–H and O–H groups in total. The van der Waals surface area contributed by atoms with Gasteiger partial charge < -0.3 is 19.9 Å². The number of hydrogen-bond donors (Lipinski definition) is 2. The van der Waals surface area contributed by atoms with Crippen LogP contribution in [0.25, 0.3) is 10.9 Å². The van der Waals surface area contributed by atoms with Crippen molar-refractivity contribution in [1.29, 1.82) is 0 Å². The second kappa shape index (κ2) is 8.52. The number of halogens is 2. The van der Waals surface area contributed by atoms with Crippen molar-refractivity contribution >= 4 is 40.0 Å². The highest BCUT2D eigenvalue weighted by molar-refractivity contribution is 6.31. The van der Waals surface area contributed by atoms with E-state index in [0.29, 0.717) is 34.8 Å². The van der Waals surface area contributed by atoms with Gasteiger partial charge in [-0.15, -0.1) is 0 Å². The number of methoxy groups -OCH3 is 1. The van der Waals surface area contributed by atoms with Crippen molar-refractivity contribution in [1.82, 2.24) is 14.9 Å². The third-order valence-corrected chi connectivity index (χ3v) is 5.36. The quantitative estimate of drug-likeness (QED) is 0.590. The highest BCUT2D eigenvalue weighted by Crippen LogP contribution is 2.37. The van der Waals surface area contributed by atoms with E-state index in [9.17, 15) is 14.3 Å². The van der Waals surface area contributed by atoms with E-state index in [4.69, 9.17) is 22.4 Å². The van der Waals surface area contributed by atoms with Gasteiger partial charge in [0.1, 0.15) is 24.3 Å². The fourth-order valence-corrected chi connectivity index (χ4v) is 3.70. The van der Waals surface area contributed by atoms with Gasteiger partial charge >= 0.3 is 5.97 Å². The van der Waals surface area contributed by atoms with Crippen LogP contribution in [0.1, 0.15) is 7.79 Å². The molecule has 2 heterocycles. The molecular formula is C21H20ClFN4O4. The molecule has 1 aromatic heterocycles. The van der Waals surface area contributed by atoms with E-state index in [-0.39, 0.29) is 24.2 Å². The predicted octanol–water partition coefficient (Wildman–Crippen LogP) is 3.71. The number of aliphatic carboxylic acids is 1. The van der Waals surface area contributed by atoms with Gasteiger partial charge in [-0.3, -0.25) is 9.69 Å². The average molecular weight is 448 g/mol. The molecule has 31 heavy (non-hydrogen) atoms. The summed E-state index contributed by atoms with van der Waals surface area (Å²) >= 11 is 5.87. The zero-order valence-corrected chi connectivity index (χ0v) is 17.3. The molecule has 3 aromatic rings. The Morgan fingerprint density at radius 1 is 1.39 bits per heavy atom. The maximum Gasteiger partial charge on any atom is 0.321 e. The highest BCUT2D eigenvalue weighted by atomic mass is 35.5. The zero-order chi connectivity index (χ0) is 22.8. The summed E-state index contributed by atoms with van der Waals surface area (Å²) in [5, 5.41) is 12.9. The van der Waals surface area contributed by atoms with Crippen LogP contribution in [0.15, 0.2) is 36.7 Å². The fraction of sp³-hybridized carbons (Fsp3) is 0.286. The van der Waals surface area contributed by atoms with Gasteiger partial charge in [-0.2, -0.15) is 0 Å². The lowest BCUT2D eigenvalue weighted by Crippen LogP contribution is -2.32. The Bertz CT molecular complexity index is 1170. The number of aromatic nitrogens is 2. The minimum absolute atomic E-state index is 0.0211. The first kappa shape index (κ1) is 19.8. The van der Waals surface area contributed by atoms with Crippen LogP contribution in [-0.2, 0) is 4.79 Å². The number of likely N-dealkylation sites (tertiary alicyclic amines) is 1. The van der Waals surface area contributed by atoms with E-state index in [2.05, 4.69) is 15.3 Å². The molecule has 0 amide bonds. The van der Waals surface area contributed by atoms with Crippen molar-refractivity contribution in [2.75, 3.05) is 26.0 Å². The monoisotopic (exact) mass is 447 g/mol. The van der Waals surface area contributed by atoms with Crippen LogP contribution >= 0.6 is 11.6 Å². The number of fused-ring (bicyclic) bond motifs is 1. The summed E-state index contributed by atoms with van der Waals surface area (Å²) < 4.78 is 33.5. The van der Waals surface area contributed by atoms with E-state index in [1.54, 1.807) is 18.2 Å². The summed E-state index contributed by atoms with van der Waals surface area (Å²) in [4.78, 5) is 21.5. The van der Waals surface area contributed by atoms with E-state index in [0.717, 1.165) is 0 Å². The van der Waals surface area contributed by atoms with Gasteiger partial charge in [-0.1, -0.05) is 17.7 Å². The second-order valence-corrected chi connectivity index (χ2v) is 7.48. The maximum atomic E-state index is 14.4. The number of hydrogen-bond acceptors (Lipinski definition) is 7. The minimum Gasteiger partial charge on any atom is -0.493 e. The Morgan fingerprint density at radius 2 is 2.23 bits per heavy atom. The number of carbonyl (C=O) groups is 1. The van der Waals surface area contributed by atoms with Gasteiger partial charge in [0.25, 0.3) is 0 Å². The Hall–Kier alpha value is -3.17. The van der Waals surface area contributed by atoms with Crippen LogP contribution < -0.4 is 14.8 Å². The summed E-state index contributed by atoms with van der Waals surface area (Å²) in [6.07, 6.45) is 1.13. The predicted molar refractivity (Wildman–Crippen MR) is 114 cm³/mol. The number of nitrogens with zero attached hydrogens (tertiary/aromatic N) is 3. The zero-order valence-electron chi connectivity index (χ0n) is 17.5. The number of carboxylic acid groups (broad SMARTS) is 1. The molecular weight excluding hydrogens is 427 g/mol. The molecule has 0 aliphatic carbocycles. The third kappa shape index (κ3) is 4.19. The number of likely N-dealkylation sites (N-methyl/N-ethyl adjacent to an activating group) is 1. The molecule has 0 unspecified atom stereocenters. The molecule has 0 spiro atoms. The molecule has 2 aromatic carbocycles. The summed E-state index contributed by atoms with van der Waals surface area (Å²) in [6.45, 7) is 0.297. The topological polar surface area (TPSA) is 96.8 Å². The van der Waals surface area contributed by atoms with Crippen molar-refractivity contribution < 1.29 is 25.1 Å². The smallest absolute Gasteiger partial charge is 0.321 e. The molecule has 8 nitrogen and oxygen atoms in total. The first-order valence-electron chi connectivity index (χ1n) is 10.1. The van der Waals surface area contributed by atoms with Crippen LogP contribution in [0.3, 0.4) is 0 Å². The summed E-state index contributed by atoms with van der Waals surface area (Å²) in [7, 11) is 1.35. The van der Waals surface area contributed by atoms with Gasteiger partial charge in [0.2, 0.25) is 0 Å². The van der Waals surface area contributed by atoms with E-state index >= 15 is 0 Å². The van der Waals surface area contributed by atoms with Crippen LogP contribution in [0.5, 0.6) is 11.5 Å². The van der Waals surface area contributed by atoms with E-state index < -0.39 is 23.9 Å². The number of anilines is 2. The lowest BCUT2D eigenvalue weighted by molar-refractivity contribution is -0.141. The molecule has 0 saturated carbocycles. The van der Waals surface area contributed by atoms with Gasteiger partial charge in [0.15, 0.2) is 17.3 Å². The molecule has 1 aliphatic rings.